The molecular weight excluding hydrogens is 380 g/mol. The largest absolute Gasteiger partial charge is 0.486 e. The van der Waals surface area contributed by atoms with Crippen LogP contribution in [0.25, 0.3) is 0 Å². The lowest BCUT2D eigenvalue weighted by atomic mass is 10.0. The van der Waals surface area contributed by atoms with Crippen molar-refractivity contribution in [3.8, 4) is 11.5 Å². The Morgan fingerprint density at radius 1 is 1.22 bits per heavy atom. The second-order valence-corrected chi connectivity index (χ2v) is 6.73. The van der Waals surface area contributed by atoms with Gasteiger partial charge in [-0.1, -0.05) is 33.6 Å². The summed E-state index contributed by atoms with van der Waals surface area (Å²) in [5.41, 5.74) is 2.20. The second-order valence-electron chi connectivity index (χ2n) is 5.40. The number of halogens is 2. The van der Waals surface area contributed by atoms with E-state index in [1.54, 1.807) is 0 Å². The highest BCUT2D eigenvalue weighted by Crippen LogP contribution is 2.34. The van der Waals surface area contributed by atoms with Crippen LogP contribution in [0.2, 0.25) is 5.02 Å². The highest BCUT2D eigenvalue weighted by molar-refractivity contribution is 9.10. The van der Waals surface area contributed by atoms with Gasteiger partial charge in [0.15, 0.2) is 17.6 Å². The normalized spacial score (nSPS) is 16.4. The smallest absolute Gasteiger partial charge is 0.162 e. The summed E-state index contributed by atoms with van der Waals surface area (Å²) >= 11 is 9.76. The molecular formula is C18H18BrClO3. The van der Waals surface area contributed by atoms with Crippen molar-refractivity contribution in [2.75, 3.05) is 19.8 Å². The quantitative estimate of drug-likeness (QED) is 0.720. The number of hydrogen-bond acceptors (Lipinski definition) is 3. The number of ether oxygens (including phenoxy) is 3. The van der Waals surface area contributed by atoms with E-state index in [1.165, 1.54) is 0 Å². The number of fused-ring (bicyclic) bond motifs is 1. The van der Waals surface area contributed by atoms with Gasteiger partial charge in [-0.05, 0) is 54.8 Å². The maximum absolute atomic E-state index is 6.28. The zero-order valence-corrected chi connectivity index (χ0v) is 15.2. The van der Waals surface area contributed by atoms with Gasteiger partial charge >= 0.3 is 0 Å². The predicted molar refractivity (Wildman–Crippen MR) is 94.8 cm³/mol. The van der Waals surface area contributed by atoms with Crippen LogP contribution in [0.15, 0.2) is 40.9 Å². The molecule has 1 unspecified atom stereocenters. The van der Waals surface area contributed by atoms with Crippen molar-refractivity contribution in [2.45, 2.75) is 19.4 Å². The molecule has 0 saturated carbocycles. The molecule has 0 spiro atoms. The van der Waals surface area contributed by atoms with Crippen molar-refractivity contribution >= 4 is 27.5 Å². The monoisotopic (exact) mass is 396 g/mol. The molecule has 0 fully saturated rings. The summed E-state index contributed by atoms with van der Waals surface area (Å²) in [6, 6.07) is 11.9. The molecule has 0 saturated heterocycles. The number of hydrogen-bond donors (Lipinski definition) is 0. The van der Waals surface area contributed by atoms with Crippen molar-refractivity contribution < 1.29 is 14.2 Å². The van der Waals surface area contributed by atoms with E-state index < -0.39 is 0 Å². The van der Waals surface area contributed by atoms with Gasteiger partial charge in [0.05, 0.1) is 6.61 Å². The second kappa shape index (κ2) is 7.56. The summed E-state index contributed by atoms with van der Waals surface area (Å²) in [7, 11) is 0. The topological polar surface area (TPSA) is 27.7 Å². The maximum atomic E-state index is 6.28. The van der Waals surface area contributed by atoms with Crippen LogP contribution in [0.1, 0.15) is 18.1 Å². The Morgan fingerprint density at radius 2 is 2.09 bits per heavy atom. The van der Waals surface area contributed by atoms with Gasteiger partial charge < -0.3 is 14.2 Å². The highest BCUT2D eigenvalue weighted by Gasteiger charge is 2.21. The number of benzene rings is 2. The maximum Gasteiger partial charge on any atom is 0.162 e. The van der Waals surface area contributed by atoms with Gasteiger partial charge in [0.2, 0.25) is 0 Å². The van der Waals surface area contributed by atoms with Crippen LogP contribution in [0, 0.1) is 0 Å². The van der Waals surface area contributed by atoms with E-state index in [0.29, 0.717) is 19.8 Å². The Hall–Kier alpha value is -1.23. The Kier molecular flexibility index (Phi) is 5.46. The predicted octanol–water partition coefficient (Wildman–Crippen LogP) is 4.87. The third kappa shape index (κ3) is 4.19. The summed E-state index contributed by atoms with van der Waals surface area (Å²) in [6.45, 7) is 3.70. The summed E-state index contributed by atoms with van der Waals surface area (Å²) in [5.74, 6) is 1.55. The first-order valence-corrected chi connectivity index (χ1v) is 8.77. The lowest BCUT2D eigenvalue weighted by Gasteiger charge is -2.26. The highest BCUT2D eigenvalue weighted by atomic mass is 79.9. The SMILES string of the molecule is CCOCC1COc2ccc(Cc3cc(Br)ccc3Cl)cc2O1. The molecule has 0 amide bonds. The van der Waals surface area contributed by atoms with Crippen molar-refractivity contribution in [3.63, 3.8) is 0 Å². The van der Waals surface area contributed by atoms with Crippen molar-refractivity contribution in [2.24, 2.45) is 0 Å². The molecule has 0 aliphatic carbocycles. The third-order valence-electron chi connectivity index (χ3n) is 3.64. The van der Waals surface area contributed by atoms with Crippen LogP contribution in [0.5, 0.6) is 11.5 Å². The van der Waals surface area contributed by atoms with E-state index in [4.69, 9.17) is 25.8 Å². The van der Waals surface area contributed by atoms with Crippen LogP contribution < -0.4 is 9.47 Å². The van der Waals surface area contributed by atoms with Crippen LogP contribution >= 0.6 is 27.5 Å². The molecule has 1 atom stereocenters. The molecule has 122 valence electrons. The minimum absolute atomic E-state index is 0.0628. The van der Waals surface area contributed by atoms with Crippen molar-refractivity contribution in [1.29, 1.82) is 0 Å². The Bertz CT molecular complexity index is 690. The molecule has 3 rings (SSSR count). The van der Waals surface area contributed by atoms with Gasteiger partial charge in [0, 0.05) is 16.1 Å². The van der Waals surface area contributed by atoms with Gasteiger partial charge in [-0.2, -0.15) is 0 Å². The van der Waals surface area contributed by atoms with Crippen molar-refractivity contribution in [3.05, 3.63) is 57.0 Å². The van der Waals surface area contributed by atoms with E-state index in [9.17, 15) is 0 Å². The van der Waals surface area contributed by atoms with Gasteiger partial charge in [-0.3, -0.25) is 0 Å². The lowest BCUT2D eigenvalue weighted by molar-refractivity contribution is 0.0127. The first-order valence-electron chi connectivity index (χ1n) is 7.59. The van der Waals surface area contributed by atoms with Crippen LogP contribution in [-0.4, -0.2) is 25.9 Å². The number of rotatable bonds is 5. The van der Waals surface area contributed by atoms with Crippen molar-refractivity contribution in [1.82, 2.24) is 0 Å². The van der Waals surface area contributed by atoms with Gasteiger partial charge in [0.25, 0.3) is 0 Å². The fourth-order valence-electron chi connectivity index (χ4n) is 2.50. The molecule has 0 radical (unpaired) electrons. The summed E-state index contributed by atoms with van der Waals surface area (Å²) in [5, 5.41) is 0.761. The van der Waals surface area contributed by atoms with Crippen LogP contribution in [0.3, 0.4) is 0 Å². The third-order valence-corrected chi connectivity index (χ3v) is 4.50. The molecule has 1 aliphatic rings. The molecule has 2 aromatic carbocycles. The molecule has 1 aliphatic heterocycles. The standard InChI is InChI=1S/C18H18BrClO3/c1-2-21-10-15-11-22-17-6-3-12(8-18(17)23-15)7-13-9-14(19)4-5-16(13)20/h3-6,8-9,15H,2,7,10-11H2,1H3. The summed E-state index contributed by atoms with van der Waals surface area (Å²) < 4.78 is 18.2. The molecule has 23 heavy (non-hydrogen) atoms. The van der Waals surface area contributed by atoms with E-state index in [1.807, 2.05) is 43.3 Å². The average molecular weight is 398 g/mol. The minimum Gasteiger partial charge on any atom is -0.486 e. The molecule has 5 heteroatoms. The van der Waals surface area contributed by atoms with Gasteiger partial charge in [-0.25, -0.2) is 0 Å². The van der Waals surface area contributed by atoms with E-state index >= 15 is 0 Å². The summed E-state index contributed by atoms with van der Waals surface area (Å²) in [4.78, 5) is 0. The fourth-order valence-corrected chi connectivity index (χ4v) is 3.09. The van der Waals surface area contributed by atoms with Gasteiger partial charge in [0.1, 0.15) is 6.61 Å². The van der Waals surface area contributed by atoms with Crippen LogP contribution in [-0.2, 0) is 11.2 Å². The average Bonchev–Trinajstić information content (AvgIpc) is 2.56. The molecule has 0 N–H and O–H groups in total. The van der Waals surface area contributed by atoms with E-state index in [2.05, 4.69) is 15.9 Å². The Morgan fingerprint density at radius 3 is 2.91 bits per heavy atom. The Balaban J connectivity index is 1.76. The minimum atomic E-state index is -0.0628. The molecule has 2 aromatic rings. The summed E-state index contributed by atoms with van der Waals surface area (Å²) in [6.07, 6.45) is 0.678. The zero-order valence-electron chi connectivity index (χ0n) is 12.9. The molecule has 0 aromatic heterocycles. The first-order chi connectivity index (χ1) is 11.2. The molecule has 1 heterocycles. The Labute approximate surface area is 149 Å². The van der Waals surface area contributed by atoms with Gasteiger partial charge in [-0.15, -0.1) is 0 Å². The van der Waals surface area contributed by atoms with E-state index in [0.717, 1.165) is 38.5 Å². The fraction of sp³-hybridized carbons (Fsp3) is 0.333. The first kappa shape index (κ1) is 16.6. The lowest BCUT2D eigenvalue weighted by Crippen LogP contribution is -2.33. The molecule has 0 bridgehead atoms. The van der Waals surface area contributed by atoms with Crippen LogP contribution in [0.4, 0.5) is 0 Å². The molecule has 3 nitrogen and oxygen atoms in total. The van der Waals surface area contributed by atoms with E-state index in [-0.39, 0.29) is 6.10 Å². The zero-order chi connectivity index (χ0) is 16.2.